The molecule has 1 aromatic rings. The summed E-state index contributed by atoms with van der Waals surface area (Å²) in [7, 11) is 0. The first kappa shape index (κ1) is 15.0. The van der Waals surface area contributed by atoms with Crippen LogP contribution in [0.4, 0.5) is 0 Å². The van der Waals surface area contributed by atoms with Crippen LogP contribution in [-0.2, 0) is 13.1 Å². The number of fused-ring (bicyclic) bond motifs is 1. The van der Waals surface area contributed by atoms with Crippen molar-refractivity contribution < 1.29 is 0 Å². The summed E-state index contributed by atoms with van der Waals surface area (Å²) >= 11 is 0. The minimum atomic E-state index is 0.127. The molecule has 1 aromatic heterocycles. The van der Waals surface area contributed by atoms with Gasteiger partial charge in [-0.2, -0.15) is 0 Å². The predicted molar refractivity (Wildman–Crippen MR) is 85.8 cm³/mol. The summed E-state index contributed by atoms with van der Waals surface area (Å²) in [4.78, 5) is 7.14. The third kappa shape index (κ3) is 2.76. The third-order valence-electron chi connectivity index (χ3n) is 5.37. The Bertz CT molecular complexity index is 499. The topological polar surface area (TPSA) is 47.1 Å². The van der Waals surface area contributed by atoms with Gasteiger partial charge < -0.3 is 10.3 Å². The van der Waals surface area contributed by atoms with Crippen molar-refractivity contribution in [3.8, 4) is 0 Å². The van der Waals surface area contributed by atoms with Gasteiger partial charge in [-0.1, -0.05) is 27.7 Å². The first-order valence-corrected chi connectivity index (χ1v) is 8.21. The maximum Gasteiger partial charge on any atom is 0.122 e. The number of nitrogens with two attached hydrogens (primary N) is 1. The van der Waals surface area contributed by atoms with E-state index in [1.54, 1.807) is 0 Å². The Morgan fingerprint density at radius 1 is 1.10 bits per heavy atom. The molecular weight excluding hydrogens is 260 g/mol. The van der Waals surface area contributed by atoms with Gasteiger partial charge in [0.15, 0.2) is 0 Å². The molecule has 1 saturated carbocycles. The smallest absolute Gasteiger partial charge is 0.122 e. The van der Waals surface area contributed by atoms with Gasteiger partial charge in [0.2, 0.25) is 0 Å². The zero-order valence-electron chi connectivity index (χ0n) is 14.0. The monoisotopic (exact) mass is 290 g/mol. The molecular formula is C17H30N4. The van der Waals surface area contributed by atoms with Crippen molar-refractivity contribution in [3.05, 3.63) is 18.2 Å². The number of imidazole rings is 1. The molecule has 0 unspecified atom stereocenters. The maximum atomic E-state index is 6.34. The molecule has 0 aromatic carbocycles. The van der Waals surface area contributed by atoms with Crippen LogP contribution in [-0.4, -0.2) is 33.1 Å². The van der Waals surface area contributed by atoms with Gasteiger partial charge in [0, 0.05) is 37.6 Å². The van der Waals surface area contributed by atoms with Gasteiger partial charge >= 0.3 is 0 Å². The molecule has 2 aliphatic rings. The maximum absolute atomic E-state index is 6.34. The van der Waals surface area contributed by atoms with Crippen molar-refractivity contribution in [1.82, 2.24) is 14.5 Å². The molecule has 21 heavy (non-hydrogen) atoms. The lowest BCUT2D eigenvalue weighted by Crippen LogP contribution is -2.62. The van der Waals surface area contributed by atoms with Crippen molar-refractivity contribution in [2.45, 2.75) is 65.6 Å². The Balaban J connectivity index is 1.90. The molecule has 0 bridgehead atoms. The van der Waals surface area contributed by atoms with Gasteiger partial charge in [0.1, 0.15) is 5.82 Å². The van der Waals surface area contributed by atoms with Crippen molar-refractivity contribution in [1.29, 1.82) is 0 Å². The largest absolute Gasteiger partial charge is 0.333 e. The van der Waals surface area contributed by atoms with Crippen LogP contribution in [0.3, 0.4) is 0 Å². The van der Waals surface area contributed by atoms with Gasteiger partial charge in [0.25, 0.3) is 0 Å². The first-order valence-electron chi connectivity index (χ1n) is 8.21. The molecule has 2 heterocycles. The number of aromatic nitrogens is 2. The van der Waals surface area contributed by atoms with E-state index in [0.29, 0.717) is 10.8 Å². The van der Waals surface area contributed by atoms with E-state index in [9.17, 15) is 0 Å². The summed E-state index contributed by atoms with van der Waals surface area (Å²) in [6, 6.07) is 0. The van der Waals surface area contributed by atoms with Crippen LogP contribution in [0.25, 0.3) is 0 Å². The fourth-order valence-electron chi connectivity index (χ4n) is 5.34. The van der Waals surface area contributed by atoms with Crippen molar-refractivity contribution >= 4 is 0 Å². The summed E-state index contributed by atoms with van der Waals surface area (Å²) in [6.45, 7) is 13.4. The molecule has 4 nitrogen and oxygen atoms in total. The Kier molecular flexibility index (Phi) is 3.45. The number of rotatable bonds is 2. The second-order valence-corrected chi connectivity index (χ2v) is 8.75. The minimum absolute atomic E-state index is 0.127. The van der Waals surface area contributed by atoms with Crippen LogP contribution in [0.15, 0.2) is 12.4 Å². The normalized spacial score (nSPS) is 27.3. The average molecular weight is 290 g/mol. The lowest BCUT2D eigenvalue weighted by molar-refractivity contribution is -0.0555. The molecule has 118 valence electrons. The molecule has 0 spiro atoms. The molecule has 2 N–H and O–H groups in total. The van der Waals surface area contributed by atoms with Crippen LogP contribution in [0, 0.1) is 10.8 Å². The zero-order chi connectivity index (χ0) is 15.3. The quantitative estimate of drug-likeness (QED) is 0.911. The molecule has 1 fully saturated rings. The van der Waals surface area contributed by atoms with E-state index in [1.807, 2.05) is 6.20 Å². The predicted octanol–water partition coefficient (Wildman–Crippen LogP) is 2.63. The lowest BCUT2D eigenvalue weighted by Gasteiger charge is -2.57. The minimum Gasteiger partial charge on any atom is -0.333 e. The summed E-state index contributed by atoms with van der Waals surface area (Å²) in [5.41, 5.74) is 7.18. The highest BCUT2D eigenvalue weighted by Crippen LogP contribution is 2.52. The second-order valence-electron chi connectivity index (χ2n) is 8.75. The van der Waals surface area contributed by atoms with Crippen LogP contribution in [0.5, 0.6) is 0 Å². The van der Waals surface area contributed by atoms with Crippen LogP contribution >= 0.6 is 0 Å². The highest BCUT2D eigenvalue weighted by molar-refractivity contribution is 5.07. The highest BCUT2D eigenvalue weighted by atomic mass is 15.3. The SMILES string of the molecule is CC1(C)CC(C)(C)CC(CN)(N2CCn3ccnc3C2)C1. The summed E-state index contributed by atoms with van der Waals surface area (Å²) in [5, 5.41) is 0. The fourth-order valence-corrected chi connectivity index (χ4v) is 5.34. The van der Waals surface area contributed by atoms with Gasteiger partial charge in [-0.25, -0.2) is 4.98 Å². The summed E-state index contributed by atoms with van der Waals surface area (Å²) in [5.74, 6) is 1.19. The Labute approximate surface area is 128 Å². The Hall–Kier alpha value is -0.870. The summed E-state index contributed by atoms with van der Waals surface area (Å²) in [6.07, 6.45) is 7.69. The van der Waals surface area contributed by atoms with Crippen LogP contribution in [0.1, 0.15) is 52.8 Å². The van der Waals surface area contributed by atoms with Crippen molar-refractivity contribution in [2.24, 2.45) is 16.6 Å². The van der Waals surface area contributed by atoms with Gasteiger partial charge in [0.05, 0.1) is 6.54 Å². The molecule has 1 aliphatic carbocycles. The van der Waals surface area contributed by atoms with E-state index in [4.69, 9.17) is 5.73 Å². The highest BCUT2D eigenvalue weighted by Gasteiger charge is 2.50. The number of hydrogen-bond donors (Lipinski definition) is 1. The van der Waals surface area contributed by atoms with Gasteiger partial charge in [-0.3, -0.25) is 4.90 Å². The van der Waals surface area contributed by atoms with E-state index in [1.165, 1.54) is 25.1 Å². The zero-order valence-corrected chi connectivity index (χ0v) is 14.0. The Morgan fingerprint density at radius 3 is 2.38 bits per heavy atom. The molecule has 0 saturated heterocycles. The lowest BCUT2D eigenvalue weighted by atomic mass is 9.58. The first-order chi connectivity index (χ1) is 9.75. The van der Waals surface area contributed by atoms with E-state index < -0.39 is 0 Å². The summed E-state index contributed by atoms with van der Waals surface area (Å²) < 4.78 is 2.28. The number of nitrogens with zero attached hydrogens (tertiary/aromatic N) is 3. The standard InChI is InChI=1S/C17H30N4/c1-15(2)10-16(3,4)12-17(11-15,13-18)21-8-7-20-6-5-19-14(20)9-21/h5-6H,7-13,18H2,1-4H3. The van der Waals surface area contributed by atoms with E-state index in [2.05, 4.69) is 48.3 Å². The number of hydrogen-bond acceptors (Lipinski definition) is 3. The third-order valence-corrected chi connectivity index (χ3v) is 5.37. The Morgan fingerprint density at radius 2 is 1.76 bits per heavy atom. The second kappa shape index (κ2) is 4.82. The van der Waals surface area contributed by atoms with Crippen LogP contribution in [0.2, 0.25) is 0 Å². The van der Waals surface area contributed by atoms with Gasteiger partial charge in [-0.05, 0) is 30.1 Å². The molecule has 3 rings (SSSR count). The van der Waals surface area contributed by atoms with E-state index in [0.717, 1.165) is 26.2 Å². The van der Waals surface area contributed by atoms with Gasteiger partial charge in [-0.15, -0.1) is 0 Å². The molecule has 1 aliphatic heterocycles. The van der Waals surface area contributed by atoms with E-state index >= 15 is 0 Å². The van der Waals surface area contributed by atoms with Crippen molar-refractivity contribution in [3.63, 3.8) is 0 Å². The van der Waals surface area contributed by atoms with Crippen LogP contribution < -0.4 is 5.73 Å². The van der Waals surface area contributed by atoms with E-state index in [-0.39, 0.29) is 5.54 Å². The molecule has 4 heteroatoms. The molecule has 0 amide bonds. The average Bonchev–Trinajstić information content (AvgIpc) is 2.81. The fraction of sp³-hybridized carbons (Fsp3) is 0.824. The molecule has 0 atom stereocenters. The van der Waals surface area contributed by atoms with Crippen molar-refractivity contribution in [2.75, 3.05) is 13.1 Å². The molecule has 0 radical (unpaired) electrons.